The molecule has 1 fully saturated rings. The lowest BCUT2D eigenvalue weighted by molar-refractivity contribution is -0.183. The minimum atomic E-state index is -1.40. The lowest BCUT2D eigenvalue weighted by Crippen LogP contribution is -2.50. The molecule has 4 atom stereocenters. The van der Waals surface area contributed by atoms with Gasteiger partial charge in [0.15, 0.2) is 28.5 Å². The maximum absolute atomic E-state index is 12.4. The number of ether oxygens (including phenoxy) is 4. The molecule has 1 N–H and O–H groups in total. The van der Waals surface area contributed by atoms with E-state index in [-0.39, 0.29) is 18.6 Å². The molecule has 2 aromatic rings. The number of nitrogens with zero attached hydrogens (tertiary/aromatic N) is 5. The molecule has 2 aromatic heterocycles. The summed E-state index contributed by atoms with van der Waals surface area (Å²) >= 11 is 7.10. The van der Waals surface area contributed by atoms with Gasteiger partial charge in [0.05, 0.1) is 23.5 Å². The second kappa shape index (κ2) is 13.1. The van der Waals surface area contributed by atoms with E-state index in [0.717, 1.165) is 0 Å². The number of aromatic nitrogens is 3. The Morgan fingerprint density at radius 3 is 2.55 bits per heavy atom. The maximum Gasteiger partial charge on any atom is 0.303 e. The predicted molar refractivity (Wildman–Crippen MR) is 151 cm³/mol. The lowest BCUT2D eigenvalue weighted by Gasteiger charge is -2.35. The van der Waals surface area contributed by atoms with Crippen LogP contribution in [0.1, 0.15) is 40.8 Å². The number of nitrogens with one attached hydrogen (secondary N) is 1. The average molecular weight is 599 g/mol. The first-order valence-electron chi connectivity index (χ1n) is 12.5. The fraction of sp³-hybridized carbons (Fsp3) is 0.600. The molecule has 0 bridgehead atoms. The van der Waals surface area contributed by atoms with Gasteiger partial charge in [0.2, 0.25) is 5.91 Å². The number of aliphatic imine (C=N–C) groups is 1. The molecule has 3 heterocycles. The summed E-state index contributed by atoms with van der Waals surface area (Å²) in [5, 5.41) is 3.61. The smallest absolute Gasteiger partial charge is 0.303 e. The summed E-state index contributed by atoms with van der Waals surface area (Å²) in [6.07, 6.45) is 2.09. The summed E-state index contributed by atoms with van der Waals surface area (Å²) in [4.78, 5) is 51.9. The molecule has 13 nitrogen and oxygen atoms in total. The van der Waals surface area contributed by atoms with Crippen LogP contribution >= 0.6 is 23.4 Å². The molecular weight excluding hydrogens is 564 g/mol. The Morgan fingerprint density at radius 2 is 2.00 bits per heavy atom. The Kier molecular flexibility index (Phi) is 10.4. The molecule has 1 saturated heterocycles. The molecule has 40 heavy (non-hydrogen) atoms. The zero-order valence-electron chi connectivity index (χ0n) is 23.8. The second-order valence-corrected chi connectivity index (χ2v) is 10.8. The number of anilines is 1. The van der Waals surface area contributed by atoms with Crippen molar-refractivity contribution >= 4 is 70.1 Å². The SMILES string of the molecule is CSc1nc(N=CN(C)C)c2c(NC(=O)CCl)cn(C3O[C@H](COC(C)=O)[C@@H](OC(C)C)[C@@]3(C)OC(C)=O)c2n1. The van der Waals surface area contributed by atoms with Crippen molar-refractivity contribution in [1.82, 2.24) is 19.4 Å². The summed E-state index contributed by atoms with van der Waals surface area (Å²) < 4.78 is 25.4. The minimum Gasteiger partial charge on any atom is -0.463 e. The van der Waals surface area contributed by atoms with Crippen molar-refractivity contribution in [3.8, 4) is 0 Å². The summed E-state index contributed by atoms with van der Waals surface area (Å²) in [5.74, 6) is -1.51. The highest BCUT2D eigenvalue weighted by molar-refractivity contribution is 7.98. The first-order valence-corrected chi connectivity index (χ1v) is 14.2. The Bertz CT molecular complexity index is 1290. The normalized spacial score (nSPS) is 22.7. The number of alkyl halides is 1. The first-order chi connectivity index (χ1) is 18.8. The molecule has 1 aliphatic heterocycles. The molecule has 220 valence electrons. The van der Waals surface area contributed by atoms with Crippen LogP contribution in [0.2, 0.25) is 0 Å². The van der Waals surface area contributed by atoms with E-state index in [0.29, 0.717) is 27.7 Å². The number of thioether (sulfide) groups is 1. The fourth-order valence-corrected chi connectivity index (χ4v) is 4.83. The van der Waals surface area contributed by atoms with Crippen molar-refractivity contribution < 1.29 is 33.3 Å². The highest BCUT2D eigenvalue weighted by Gasteiger charge is 2.59. The largest absolute Gasteiger partial charge is 0.463 e. The number of carbonyl (C=O) groups is 3. The molecule has 0 radical (unpaired) electrons. The van der Waals surface area contributed by atoms with Crippen LogP contribution in [0.15, 0.2) is 16.3 Å². The van der Waals surface area contributed by atoms with E-state index >= 15 is 0 Å². The molecule has 0 saturated carbocycles. The van der Waals surface area contributed by atoms with Crippen LogP contribution in [0.5, 0.6) is 0 Å². The van der Waals surface area contributed by atoms with Gasteiger partial charge in [0, 0.05) is 34.1 Å². The van der Waals surface area contributed by atoms with E-state index in [4.69, 9.17) is 35.5 Å². The van der Waals surface area contributed by atoms with Crippen molar-refractivity contribution in [2.24, 2.45) is 4.99 Å². The number of carbonyl (C=O) groups excluding carboxylic acids is 3. The van der Waals surface area contributed by atoms with E-state index in [2.05, 4.69) is 15.3 Å². The van der Waals surface area contributed by atoms with Crippen LogP contribution in [-0.4, -0.2) is 100 Å². The summed E-state index contributed by atoms with van der Waals surface area (Å²) in [6.45, 7) is 7.79. The third-order valence-corrected chi connectivity index (χ3v) is 6.59. The molecule has 3 rings (SSSR count). The number of fused-ring (bicyclic) bond motifs is 1. The van der Waals surface area contributed by atoms with Gasteiger partial charge in [-0.15, -0.1) is 11.6 Å². The zero-order valence-corrected chi connectivity index (χ0v) is 25.3. The van der Waals surface area contributed by atoms with E-state index in [1.54, 1.807) is 28.9 Å². The van der Waals surface area contributed by atoms with Crippen LogP contribution < -0.4 is 5.32 Å². The van der Waals surface area contributed by atoms with Gasteiger partial charge in [0.25, 0.3) is 0 Å². The van der Waals surface area contributed by atoms with Crippen molar-refractivity contribution in [3.63, 3.8) is 0 Å². The van der Waals surface area contributed by atoms with Gasteiger partial charge in [-0.05, 0) is 27.0 Å². The van der Waals surface area contributed by atoms with Gasteiger partial charge >= 0.3 is 11.9 Å². The van der Waals surface area contributed by atoms with Gasteiger partial charge in [-0.25, -0.2) is 15.0 Å². The van der Waals surface area contributed by atoms with E-state index in [9.17, 15) is 14.4 Å². The number of rotatable bonds is 11. The number of hydrogen-bond donors (Lipinski definition) is 1. The Balaban J connectivity index is 2.31. The quantitative estimate of drug-likeness (QED) is 0.102. The molecule has 1 aliphatic rings. The van der Waals surface area contributed by atoms with Gasteiger partial charge in [-0.3, -0.25) is 19.0 Å². The van der Waals surface area contributed by atoms with Crippen molar-refractivity contribution in [2.75, 3.05) is 38.2 Å². The topological polar surface area (TPSA) is 146 Å². The van der Waals surface area contributed by atoms with Gasteiger partial charge in [-0.1, -0.05) is 11.8 Å². The molecule has 0 aromatic carbocycles. The average Bonchev–Trinajstić information content (AvgIpc) is 3.34. The van der Waals surface area contributed by atoms with Crippen LogP contribution in [0.25, 0.3) is 11.0 Å². The maximum atomic E-state index is 12.4. The number of esters is 2. The summed E-state index contributed by atoms with van der Waals surface area (Å²) in [5.41, 5.74) is -0.717. The number of amides is 1. The van der Waals surface area contributed by atoms with E-state index < -0.39 is 41.9 Å². The van der Waals surface area contributed by atoms with Gasteiger partial charge < -0.3 is 29.2 Å². The highest BCUT2D eigenvalue weighted by Crippen LogP contribution is 2.46. The number of halogens is 1. The fourth-order valence-electron chi connectivity index (χ4n) is 4.41. The summed E-state index contributed by atoms with van der Waals surface area (Å²) in [7, 11) is 3.63. The molecule has 15 heteroatoms. The second-order valence-electron chi connectivity index (χ2n) is 9.78. The molecule has 1 amide bonds. The van der Waals surface area contributed by atoms with Gasteiger partial charge in [0.1, 0.15) is 24.7 Å². The molecule has 0 aliphatic carbocycles. The van der Waals surface area contributed by atoms with Crippen LogP contribution in [0.4, 0.5) is 11.5 Å². The third-order valence-electron chi connectivity index (χ3n) is 5.80. The van der Waals surface area contributed by atoms with Crippen LogP contribution in [-0.2, 0) is 33.3 Å². The number of hydrogen-bond acceptors (Lipinski definition) is 11. The third kappa shape index (κ3) is 7.03. The zero-order chi connectivity index (χ0) is 29.8. The van der Waals surface area contributed by atoms with Crippen LogP contribution in [0, 0.1) is 0 Å². The Labute approximate surface area is 241 Å². The monoisotopic (exact) mass is 598 g/mol. The standard InChI is InChI=1S/C25H35ClN6O7S/c1-13(2)37-20-17(11-36-14(3)33)38-23(25(20,5)39-15(4)34)32-10-16(28-18(35)9-26)19-21(27-12-31(6)7)29-24(40-8)30-22(19)32/h10,12-13,17,20,23H,9,11H2,1-8H3,(H,28,35)/t17-,20-,23?,25-/m1/s1. The Hall–Kier alpha value is -2.94. The van der Waals surface area contributed by atoms with Crippen molar-refractivity contribution in [2.45, 2.75) is 69.9 Å². The van der Waals surface area contributed by atoms with E-state index in [1.165, 1.54) is 25.6 Å². The highest BCUT2D eigenvalue weighted by atomic mass is 35.5. The summed E-state index contributed by atoms with van der Waals surface area (Å²) in [6, 6.07) is 0. The first kappa shape index (κ1) is 31.6. The Morgan fingerprint density at radius 1 is 1.30 bits per heavy atom. The van der Waals surface area contributed by atoms with E-state index in [1.807, 2.05) is 34.2 Å². The molecule has 1 unspecified atom stereocenters. The molecular formula is C25H35ClN6O7S. The van der Waals surface area contributed by atoms with Crippen LogP contribution in [0.3, 0.4) is 0 Å². The van der Waals surface area contributed by atoms with Gasteiger partial charge in [-0.2, -0.15) is 0 Å². The van der Waals surface area contributed by atoms with Crippen molar-refractivity contribution in [3.05, 3.63) is 6.20 Å². The molecule has 0 spiro atoms. The van der Waals surface area contributed by atoms with Crippen molar-refractivity contribution in [1.29, 1.82) is 0 Å². The lowest BCUT2D eigenvalue weighted by atomic mass is 9.95. The predicted octanol–water partition coefficient (Wildman–Crippen LogP) is 3.13. The minimum absolute atomic E-state index is 0.140.